The highest BCUT2D eigenvalue weighted by atomic mass is 32.1. The van der Waals surface area contributed by atoms with Crippen molar-refractivity contribution in [2.45, 2.75) is 44.9 Å². The molecular weight excluding hydrogens is 242 g/mol. The van der Waals surface area contributed by atoms with E-state index >= 15 is 0 Å². The molecule has 0 aliphatic carbocycles. The molecule has 0 N–H and O–H groups in total. The van der Waals surface area contributed by atoms with Crippen molar-refractivity contribution >= 4 is 29.6 Å². The van der Waals surface area contributed by atoms with Gasteiger partial charge in [-0.1, -0.05) is 51.0 Å². The molecule has 0 fully saturated rings. The fraction of sp³-hybridized carbons (Fsp3) is 0.500. The maximum absolute atomic E-state index is 4.79. The Morgan fingerprint density at radius 1 is 1.06 bits per heavy atom. The summed E-state index contributed by atoms with van der Waals surface area (Å²) < 4.78 is 1.34. The number of fused-ring (bicyclic) bond motifs is 1. The molecule has 0 saturated heterocycles. The van der Waals surface area contributed by atoms with E-state index in [0.717, 1.165) is 0 Å². The number of hydrogen-bond acceptors (Lipinski definition) is 2. The molecule has 0 radical (unpaired) electrons. The number of rotatable bonds is 5. The van der Waals surface area contributed by atoms with Crippen LogP contribution < -0.4 is 0 Å². The summed E-state index contributed by atoms with van der Waals surface area (Å²) >= 11 is 1.89. The lowest BCUT2D eigenvalue weighted by atomic mass is 10.3. The van der Waals surface area contributed by atoms with Crippen LogP contribution in [0.2, 0.25) is 18.1 Å². The normalized spacial score (nSPS) is 12.2. The van der Waals surface area contributed by atoms with Crippen LogP contribution in [0, 0.1) is 0 Å². The third-order valence-corrected chi connectivity index (χ3v) is 11.0. The lowest BCUT2D eigenvalue weighted by Gasteiger charge is -2.26. The predicted molar refractivity (Wildman–Crippen MR) is 80.5 cm³/mol. The van der Waals surface area contributed by atoms with Gasteiger partial charge in [-0.15, -0.1) is 11.3 Å². The Kier molecular flexibility index (Phi) is 3.99. The van der Waals surface area contributed by atoms with Crippen molar-refractivity contribution < 1.29 is 0 Å². The zero-order chi connectivity index (χ0) is 12.3. The molecule has 1 heterocycles. The smallest absolute Gasteiger partial charge is 0.0912 e. The molecule has 1 aromatic carbocycles. The molecule has 0 bridgehead atoms. The van der Waals surface area contributed by atoms with Gasteiger partial charge < -0.3 is 0 Å². The summed E-state index contributed by atoms with van der Waals surface area (Å²) in [6, 6.07) is 13.9. The van der Waals surface area contributed by atoms with Gasteiger partial charge in [0, 0.05) is 0 Å². The average molecular weight is 263 g/mol. The first-order chi connectivity index (χ1) is 8.23. The Morgan fingerprint density at radius 2 is 1.71 bits per heavy atom. The van der Waals surface area contributed by atoms with Crippen LogP contribution in [0.3, 0.4) is 0 Å². The number of para-hydroxylation sites is 1. The Hall–Kier alpha value is -0.673. The van der Waals surface area contributed by atoms with Gasteiger partial charge in [0.25, 0.3) is 0 Å². The second-order valence-corrected chi connectivity index (χ2v) is 11.4. The van der Waals surface area contributed by atoms with Crippen molar-refractivity contribution in [1.82, 2.24) is 4.98 Å². The molecule has 0 spiro atoms. The van der Waals surface area contributed by atoms with E-state index in [0.29, 0.717) is 0 Å². The van der Waals surface area contributed by atoms with Crippen LogP contribution in [0.15, 0.2) is 24.3 Å². The second-order valence-electron chi connectivity index (χ2n) is 4.81. The third-order valence-electron chi connectivity index (χ3n) is 4.11. The maximum Gasteiger partial charge on any atom is 0.0912 e. The summed E-state index contributed by atoms with van der Waals surface area (Å²) in [7, 11) is -1.07. The summed E-state index contributed by atoms with van der Waals surface area (Å²) in [5, 5.41) is 1.36. The van der Waals surface area contributed by atoms with Crippen molar-refractivity contribution in [1.29, 1.82) is 0 Å². The fourth-order valence-electron chi connectivity index (χ4n) is 2.44. The third kappa shape index (κ3) is 2.60. The molecule has 3 heteroatoms. The minimum absolute atomic E-state index is 1.07. The van der Waals surface area contributed by atoms with Gasteiger partial charge in [0.2, 0.25) is 0 Å². The molecule has 0 atom stereocenters. The molecule has 2 aromatic rings. The van der Waals surface area contributed by atoms with E-state index in [4.69, 9.17) is 4.98 Å². The zero-order valence-corrected chi connectivity index (χ0v) is 12.8. The monoisotopic (exact) mass is 263 g/mol. The van der Waals surface area contributed by atoms with Crippen molar-refractivity contribution in [3.05, 3.63) is 29.3 Å². The Balaban J connectivity index is 2.28. The largest absolute Gasteiger partial charge is 0.242 e. The van der Waals surface area contributed by atoms with Crippen LogP contribution in [-0.4, -0.2) is 13.1 Å². The molecular formula is C14H21NSSi. The number of thiazole rings is 1. The molecule has 0 aliphatic heterocycles. The predicted octanol–water partition coefficient (Wildman–Crippen LogP) is 4.89. The van der Waals surface area contributed by atoms with Gasteiger partial charge in [0.1, 0.15) is 0 Å². The Morgan fingerprint density at radius 3 is 2.29 bits per heavy atom. The van der Waals surface area contributed by atoms with Crippen LogP contribution in [0.1, 0.15) is 25.8 Å². The van der Waals surface area contributed by atoms with E-state index < -0.39 is 8.07 Å². The van der Waals surface area contributed by atoms with E-state index in [1.165, 1.54) is 39.4 Å². The SMILES string of the molecule is CC[Si](CC)(CC)Cc1nc2ccccc2s1. The standard InChI is InChI=1S/C14H21NSSi/c1-4-17(5-2,6-3)11-14-15-12-9-7-8-10-13(12)16-14/h7-10H,4-6,11H2,1-3H3. The summed E-state index contributed by atoms with van der Waals surface area (Å²) in [5.41, 5.74) is 1.18. The topological polar surface area (TPSA) is 12.9 Å². The molecule has 17 heavy (non-hydrogen) atoms. The Bertz CT molecular complexity index is 446. The molecule has 0 aliphatic rings. The van der Waals surface area contributed by atoms with Crippen molar-refractivity contribution in [3.63, 3.8) is 0 Å². The minimum atomic E-state index is -1.07. The number of nitrogens with zero attached hydrogens (tertiary/aromatic N) is 1. The molecule has 0 amide bonds. The van der Waals surface area contributed by atoms with Crippen molar-refractivity contribution in [3.8, 4) is 0 Å². The lowest BCUT2D eigenvalue weighted by Crippen LogP contribution is -2.34. The first kappa shape index (κ1) is 12.8. The van der Waals surface area contributed by atoms with Gasteiger partial charge in [-0.25, -0.2) is 4.98 Å². The van der Waals surface area contributed by atoms with Gasteiger partial charge >= 0.3 is 0 Å². The summed E-state index contributed by atoms with van der Waals surface area (Å²) in [6.07, 6.45) is 0. The van der Waals surface area contributed by atoms with Gasteiger partial charge in [-0.3, -0.25) is 0 Å². The van der Waals surface area contributed by atoms with Crippen LogP contribution >= 0.6 is 11.3 Å². The number of aromatic nitrogens is 1. The molecule has 0 saturated carbocycles. The van der Waals surface area contributed by atoms with E-state index in [1.54, 1.807) is 0 Å². The Labute approximate surface area is 109 Å². The first-order valence-electron chi connectivity index (χ1n) is 6.57. The van der Waals surface area contributed by atoms with E-state index in [2.05, 4.69) is 45.0 Å². The quantitative estimate of drug-likeness (QED) is 0.700. The van der Waals surface area contributed by atoms with Crippen molar-refractivity contribution in [2.75, 3.05) is 0 Å². The minimum Gasteiger partial charge on any atom is -0.242 e. The van der Waals surface area contributed by atoms with Gasteiger partial charge in [-0.2, -0.15) is 0 Å². The maximum atomic E-state index is 4.79. The average Bonchev–Trinajstić information content (AvgIpc) is 2.78. The van der Waals surface area contributed by atoms with Crippen molar-refractivity contribution in [2.24, 2.45) is 0 Å². The van der Waals surface area contributed by atoms with Crippen LogP contribution in [-0.2, 0) is 6.04 Å². The molecule has 0 unspecified atom stereocenters. The van der Waals surface area contributed by atoms with Crippen LogP contribution in [0.5, 0.6) is 0 Å². The van der Waals surface area contributed by atoms with Gasteiger partial charge in [0.05, 0.1) is 23.3 Å². The molecule has 1 nitrogen and oxygen atoms in total. The molecule has 92 valence electrons. The van der Waals surface area contributed by atoms with Gasteiger partial charge in [-0.05, 0) is 18.2 Å². The van der Waals surface area contributed by atoms with Crippen LogP contribution in [0.25, 0.3) is 10.2 Å². The summed E-state index contributed by atoms with van der Waals surface area (Å²) in [5.74, 6) is 0. The number of benzene rings is 1. The van der Waals surface area contributed by atoms with E-state index in [-0.39, 0.29) is 0 Å². The summed E-state index contributed by atoms with van der Waals surface area (Å²) in [4.78, 5) is 4.79. The highest BCUT2D eigenvalue weighted by Gasteiger charge is 2.28. The van der Waals surface area contributed by atoms with E-state index in [1.807, 2.05) is 11.3 Å². The van der Waals surface area contributed by atoms with E-state index in [9.17, 15) is 0 Å². The fourth-order valence-corrected chi connectivity index (χ4v) is 7.38. The van der Waals surface area contributed by atoms with Crippen LogP contribution in [0.4, 0.5) is 0 Å². The summed E-state index contributed by atoms with van der Waals surface area (Å²) in [6.45, 7) is 7.10. The molecule has 1 aromatic heterocycles. The highest BCUT2D eigenvalue weighted by Crippen LogP contribution is 2.29. The number of hydrogen-bond donors (Lipinski definition) is 0. The zero-order valence-electron chi connectivity index (χ0n) is 11.0. The van der Waals surface area contributed by atoms with Gasteiger partial charge in [0.15, 0.2) is 0 Å². The molecule has 2 rings (SSSR count). The lowest BCUT2D eigenvalue weighted by molar-refractivity contribution is 1.09. The second kappa shape index (κ2) is 5.32. The highest BCUT2D eigenvalue weighted by molar-refractivity contribution is 7.19. The first-order valence-corrected chi connectivity index (χ1v) is 10.2.